The van der Waals surface area contributed by atoms with Crippen molar-refractivity contribution in [1.29, 1.82) is 5.26 Å². The van der Waals surface area contributed by atoms with E-state index in [0.717, 1.165) is 0 Å². The fourth-order valence-corrected chi connectivity index (χ4v) is 2.15. The minimum Gasteiger partial charge on any atom is -0.360 e. The van der Waals surface area contributed by atoms with E-state index in [1.807, 2.05) is 6.07 Å². The molecule has 3 N–H and O–H groups in total. The van der Waals surface area contributed by atoms with Gasteiger partial charge in [0.1, 0.15) is 11.6 Å². The van der Waals surface area contributed by atoms with Crippen LogP contribution in [0.15, 0.2) is 60.3 Å². The Bertz CT molecular complexity index is 871. The molecule has 0 aliphatic heterocycles. The Balaban J connectivity index is 2.08. The first-order valence-electron chi connectivity index (χ1n) is 7.29. The van der Waals surface area contributed by atoms with Crippen molar-refractivity contribution < 1.29 is 9.59 Å². The molecule has 0 bridgehead atoms. The number of nitrogens with one attached hydrogen (secondary N) is 3. The molecule has 2 amide bonds. The Labute approximate surface area is 150 Å². The molecule has 0 fully saturated rings. The average molecular weight is 355 g/mol. The summed E-state index contributed by atoms with van der Waals surface area (Å²) < 4.78 is 0. The molecular formula is C18H15ClN4O2. The van der Waals surface area contributed by atoms with Gasteiger partial charge < -0.3 is 16.0 Å². The summed E-state index contributed by atoms with van der Waals surface area (Å²) in [5.74, 6) is -0.749. The molecule has 6 nitrogen and oxygen atoms in total. The molecule has 0 heterocycles. The lowest BCUT2D eigenvalue weighted by Gasteiger charge is -2.07. The van der Waals surface area contributed by atoms with Crippen LogP contribution in [0, 0.1) is 11.3 Å². The molecular weight excluding hydrogens is 340 g/mol. The molecule has 0 radical (unpaired) electrons. The van der Waals surface area contributed by atoms with Gasteiger partial charge in [-0.05, 0) is 36.4 Å². The first-order chi connectivity index (χ1) is 12.0. The fourth-order valence-electron chi connectivity index (χ4n) is 1.96. The first kappa shape index (κ1) is 18.0. The zero-order valence-corrected chi connectivity index (χ0v) is 14.1. The molecule has 2 aromatic carbocycles. The molecule has 25 heavy (non-hydrogen) atoms. The van der Waals surface area contributed by atoms with E-state index in [-0.39, 0.29) is 11.5 Å². The summed E-state index contributed by atoms with van der Waals surface area (Å²) in [5.41, 5.74) is 1.61. The van der Waals surface area contributed by atoms with Crippen molar-refractivity contribution in [2.45, 2.75) is 6.92 Å². The van der Waals surface area contributed by atoms with Gasteiger partial charge in [-0.1, -0.05) is 23.7 Å². The molecule has 0 saturated carbocycles. The highest BCUT2D eigenvalue weighted by Gasteiger charge is 2.09. The third-order valence-corrected chi connectivity index (χ3v) is 3.25. The van der Waals surface area contributed by atoms with Crippen molar-refractivity contribution in [3.8, 4) is 6.07 Å². The van der Waals surface area contributed by atoms with Crippen molar-refractivity contribution in [2.75, 3.05) is 16.0 Å². The molecule has 0 spiro atoms. The largest absolute Gasteiger partial charge is 0.360 e. The Kier molecular flexibility index (Phi) is 6.15. The summed E-state index contributed by atoms with van der Waals surface area (Å²) in [6, 6.07) is 15.4. The molecule has 0 atom stereocenters. The van der Waals surface area contributed by atoms with Gasteiger partial charge in [-0.3, -0.25) is 9.59 Å². The highest BCUT2D eigenvalue weighted by atomic mass is 35.5. The van der Waals surface area contributed by atoms with Gasteiger partial charge in [0, 0.05) is 35.2 Å². The quantitative estimate of drug-likeness (QED) is 0.563. The van der Waals surface area contributed by atoms with E-state index in [0.29, 0.717) is 22.1 Å². The Morgan fingerprint density at radius 3 is 2.32 bits per heavy atom. The van der Waals surface area contributed by atoms with Crippen LogP contribution in [0.5, 0.6) is 0 Å². The van der Waals surface area contributed by atoms with Crippen LogP contribution >= 0.6 is 11.6 Å². The van der Waals surface area contributed by atoms with Crippen molar-refractivity contribution in [3.63, 3.8) is 0 Å². The molecule has 0 saturated heterocycles. The van der Waals surface area contributed by atoms with E-state index in [1.165, 1.54) is 13.1 Å². The van der Waals surface area contributed by atoms with Crippen LogP contribution in [0.3, 0.4) is 0 Å². The number of benzene rings is 2. The predicted molar refractivity (Wildman–Crippen MR) is 98.1 cm³/mol. The third kappa shape index (κ3) is 5.68. The number of carbonyl (C=O) groups excluding carboxylic acids is 2. The molecule has 2 rings (SSSR count). The number of carbonyl (C=O) groups is 2. The molecule has 126 valence electrons. The number of amides is 2. The first-order valence-corrected chi connectivity index (χ1v) is 7.67. The molecule has 0 aliphatic carbocycles. The van der Waals surface area contributed by atoms with Crippen molar-refractivity contribution in [1.82, 2.24) is 0 Å². The number of nitrogens with zero attached hydrogens (tertiary/aromatic N) is 1. The SMILES string of the molecule is CC(=O)Nc1cccc(N/C=C(/C#N)C(=O)Nc2cccc(Cl)c2)c1. The second-order valence-electron chi connectivity index (χ2n) is 5.04. The molecule has 7 heteroatoms. The maximum Gasteiger partial charge on any atom is 0.267 e. The van der Waals surface area contributed by atoms with Gasteiger partial charge in [0.15, 0.2) is 0 Å². The van der Waals surface area contributed by atoms with Crippen LogP contribution < -0.4 is 16.0 Å². The van der Waals surface area contributed by atoms with Gasteiger partial charge in [-0.2, -0.15) is 5.26 Å². The Morgan fingerprint density at radius 2 is 1.68 bits per heavy atom. The lowest BCUT2D eigenvalue weighted by molar-refractivity contribution is -0.114. The number of hydrogen-bond donors (Lipinski definition) is 3. The topological polar surface area (TPSA) is 94.0 Å². The van der Waals surface area contributed by atoms with Gasteiger partial charge in [-0.25, -0.2) is 0 Å². The summed E-state index contributed by atoms with van der Waals surface area (Å²) in [5, 5.41) is 17.8. The normalized spacial score (nSPS) is 10.5. The summed E-state index contributed by atoms with van der Waals surface area (Å²) in [6.45, 7) is 1.41. The molecule has 0 aromatic heterocycles. The fraction of sp³-hybridized carbons (Fsp3) is 0.0556. The van der Waals surface area contributed by atoms with Crippen molar-refractivity contribution in [3.05, 3.63) is 65.3 Å². The second kappa shape index (κ2) is 8.52. The maximum absolute atomic E-state index is 12.1. The van der Waals surface area contributed by atoms with Crippen LogP contribution in [0.4, 0.5) is 17.1 Å². The number of hydrogen-bond acceptors (Lipinski definition) is 4. The monoisotopic (exact) mass is 354 g/mol. The van der Waals surface area contributed by atoms with Crippen LogP contribution in [-0.2, 0) is 9.59 Å². The van der Waals surface area contributed by atoms with E-state index in [4.69, 9.17) is 11.6 Å². The average Bonchev–Trinajstić information content (AvgIpc) is 2.55. The molecule has 0 aliphatic rings. The van der Waals surface area contributed by atoms with E-state index >= 15 is 0 Å². The molecule has 2 aromatic rings. The van der Waals surface area contributed by atoms with E-state index in [9.17, 15) is 14.9 Å². The zero-order chi connectivity index (χ0) is 18.2. The number of rotatable bonds is 5. The predicted octanol–water partition coefficient (Wildman–Crippen LogP) is 3.76. The zero-order valence-electron chi connectivity index (χ0n) is 13.3. The number of halogens is 1. The van der Waals surface area contributed by atoms with Crippen molar-refractivity contribution in [2.24, 2.45) is 0 Å². The lowest BCUT2D eigenvalue weighted by atomic mass is 10.2. The minimum absolute atomic E-state index is 0.107. The van der Waals surface area contributed by atoms with Gasteiger partial charge in [0.05, 0.1) is 0 Å². The van der Waals surface area contributed by atoms with E-state index < -0.39 is 5.91 Å². The Hall–Kier alpha value is -3.30. The lowest BCUT2D eigenvalue weighted by Crippen LogP contribution is -2.14. The van der Waals surface area contributed by atoms with Crippen molar-refractivity contribution >= 4 is 40.5 Å². The van der Waals surface area contributed by atoms with Gasteiger partial charge in [0.2, 0.25) is 5.91 Å². The van der Waals surface area contributed by atoms with Crippen LogP contribution in [0.25, 0.3) is 0 Å². The van der Waals surface area contributed by atoms with Gasteiger partial charge in [-0.15, -0.1) is 0 Å². The standard InChI is InChI=1S/C18H15ClN4O2/c1-12(24)22-17-7-3-5-15(9-17)21-11-13(10-20)18(25)23-16-6-2-4-14(19)8-16/h2-9,11,21H,1H3,(H,22,24)(H,23,25)/b13-11-. The highest BCUT2D eigenvalue weighted by molar-refractivity contribution is 6.31. The van der Waals surface area contributed by atoms with Gasteiger partial charge in [0.25, 0.3) is 5.91 Å². The van der Waals surface area contributed by atoms with E-state index in [2.05, 4.69) is 16.0 Å². The summed E-state index contributed by atoms with van der Waals surface area (Å²) in [7, 11) is 0. The maximum atomic E-state index is 12.1. The third-order valence-electron chi connectivity index (χ3n) is 3.01. The molecule has 0 unspecified atom stereocenters. The van der Waals surface area contributed by atoms with E-state index in [1.54, 1.807) is 48.5 Å². The summed E-state index contributed by atoms with van der Waals surface area (Å²) in [6.07, 6.45) is 1.30. The smallest absolute Gasteiger partial charge is 0.267 e. The Morgan fingerprint density at radius 1 is 1.04 bits per heavy atom. The summed E-state index contributed by atoms with van der Waals surface area (Å²) in [4.78, 5) is 23.2. The number of anilines is 3. The second-order valence-corrected chi connectivity index (χ2v) is 5.48. The highest BCUT2D eigenvalue weighted by Crippen LogP contribution is 2.17. The van der Waals surface area contributed by atoms with Crippen LogP contribution in [-0.4, -0.2) is 11.8 Å². The van der Waals surface area contributed by atoms with Crippen LogP contribution in [0.1, 0.15) is 6.92 Å². The summed E-state index contributed by atoms with van der Waals surface area (Å²) >= 11 is 5.86. The van der Waals surface area contributed by atoms with Gasteiger partial charge >= 0.3 is 0 Å². The van der Waals surface area contributed by atoms with Crippen LogP contribution in [0.2, 0.25) is 5.02 Å². The minimum atomic E-state index is -0.560. The number of nitriles is 1.